The van der Waals surface area contributed by atoms with Crippen LogP contribution in [0.5, 0.6) is 0 Å². The van der Waals surface area contributed by atoms with E-state index in [0.717, 1.165) is 59.4 Å². The van der Waals surface area contributed by atoms with Crippen molar-refractivity contribution in [2.75, 3.05) is 29.9 Å². The van der Waals surface area contributed by atoms with Gasteiger partial charge in [0.25, 0.3) is 0 Å². The van der Waals surface area contributed by atoms with E-state index in [1.165, 1.54) is 0 Å². The van der Waals surface area contributed by atoms with Crippen LogP contribution in [0.2, 0.25) is 0 Å². The van der Waals surface area contributed by atoms with Crippen molar-refractivity contribution in [2.45, 2.75) is 18.9 Å². The summed E-state index contributed by atoms with van der Waals surface area (Å²) in [6.45, 7) is 1.88. The summed E-state index contributed by atoms with van der Waals surface area (Å²) in [6.07, 6.45) is 7.24. The molecule has 0 radical (unpaired) electrons. The molecule has 1 atom stereocenters. The Labute approximate surface area is 173 Å². The number of amides is 1. The van der Waals surface area contributed by atoms with Crippen LogP contribution < -0.4 is 15.5 Å². The molecule has 1 aliphatic heterocycles. The highest BCUT2D eigenvalue weighted by Crippen LogP contribution is 2.25. The van der Waals surface area contributed by atoms with Crippen molar-refractivity contribution in [1.82, 2.24) is 30.0 Å². The molecule has 154 valence electrons. The minimum absolute atomic E-state index is 0.0165. The number of fused-ring (bicyclic) bond motifs is 2. The summed E-state index contributed by atoms with van der Waals surface area (Å²) in [5.74, 6) is 0.902. The number of aryl methyl sites for hydroxylation is 1. The van der Waals surface area contributed by atoms with Gasteiger partial charge in [-0.2, -0.15) is 5.10 Å². The molecule has 1 aromatic carbocycles. The smallest absolute Gasteiger partial charge is 0.239 e. The zero-order valence-electron chi connectivity index (χ0n) is 16.8. The van der Waals surface area contributed by atoms with Gasteiger partial charge in [0.05, 0.1) is 23.6 Å². The molecule has 3 aromatic heterocycles. The number of H-pyrrole nitrogens is 1. The molecule has 3 N–H and O–H groups in total. The Morgan fingerprint density at radius 3 is 3.13 bits per heavy atom. The highest BCUT2D eigenvalue weighted by atomic mass is 16.2. The first-order valence-corrected chi connectivity index (χ1v) is 10.2. The molecule has 5 rings (SSSR count). The van der Waals surface area contributed by atoms with Crippen molar-refractivity contribution in [3.05, 3.63) is 43.0 Å². The second-order valence-corrected chi connectivity index (χ2v) is 7.65. The van der Waals surface area contributed by atoms with Crippen LogP contribution in [0.3, 0.4) is 0 Å². The van der Waals surface area contributed by atoms with Gasteiger partial charge in [-0.25, -0.2) is 9.97 Å². The van der Waals surface area contributed by atoms with Crippen LogP contribution in [0.4, 0.5) is 11.5 Å². The van der Waals surface area contributed by atoms with E-state index in [1.54, 1.807) is 6.33 Å². The lowest BCUT2D eigenvalue weighted by atomic mass is 10.1. The summed E-state index contributed by atoms with van der Waals surface area (Å²) in [5, 5.41) is 12.7. The highest BCUT2D eigenvalue weighted by Gasteiger charge is 2.24. The molecule has 1 fully saturated rings. The molecule has 1 aliphatic rings. The Bertz CT molecular complexity index is 1200. The molecule has 1 saturated heterocycles. The maximum Gasteiger partial charge on any atom is 0.239 e. The molecule has 30 heavy (non-hydrogen) atoms. The molecule has 0 saturated carbocycles. The maximum absolute atomic E-state index is 12.6. The summed E-state index contributed by atoms with van der Waals surface area (Å²) in [5.41, 5.74) is 2.78. The van der Waals surface area contributed by atoms with Crippen LogP contribution in [0, 0.1) is 0 Å². The van der Waals surface area contributed by atoms with Gasteiger partial charge in [-0.15, -0.1) is 0 Å². The van der Waals surface area contributed by atoms with E-state index in [-0.39, 0.29) is 18.5 Å². The van der Waals surface area contributed by atoms with Gasteiger partial charge in [-0.1, -0.05) is 6.07 Å². The summed E-state index contributed by atoms with van der Waals surface area (Å²) >= 11 is 0. The molecule has 1 amide bonds. The molecule has 9 nitrogen and oxygen atoms in total. The van der Waals surface area contributed by atoms with E-state index in [1.807, 2.05) is 48.4 Å². The van der Waals surface area contributed by atoms with E-state index in [4.69, 9.17) is 0 Å². The third kappa shape index (κ3) is 3.42. The van der Waals surface area contributed by atoms with Crippen molar-refractivity contribution in [2.24, 2.45) is 7.05 Å². The first kappa shape index (κ1) is 18.4. The standard InChI is InChI=1S/C21H24N8O/c1-28-18-6-2-5-17(16(18)10-26-28)23-11-19(30)27-14-4-3-9-29(12-14)21-15-7-8-22-20(15)24-13-25-21/h2,5-8,10,13-14,23H,3-4,9,11-12H2,1H3,(H,27,30)(H,22,24,25)/t14-/m0/s1. The number of nitrogens with zero attached hydrogens (tertiary/aromatic N) is 5. The van der Waals surface area contributed by atoms with Crippen LogP contribution in [-0.4, -0.2) is 56.3 Å². The molecule has 0 aliphatic carbocycles. The number of rotatable bonds is 5. The third-order valence-electron chi connectivity index (χ3n) is 5.65. The fourth-order valence-corrected chi connectivity index (χ4v) is 4.18. The molecular weight excluding hydrogens is 380 g/mol. The largest absolute Gasteiger partial charge is 0.376 e. The first-order chi connectivity index (χ1) is 14.7. The number of nitrogens with one attached hydrogen (secondary N) is 3. The van der Waals surface area contributed by atoms with Gasteiger partial charge in [0.15, 0.2) is 0 Å². The first-order valence-electron chi connectivity index (χ1n) is 10.2. The Kier molecular flexibility index (Phi) is 4.70. The third-order valence-corrected chi connectivity index (χ3v) is 5.65. The Balaban J connectivity index is 1.22. The number of aromatic amines is 1. The zero-order valence-corrected chi connectivity index (χ0v) is 16.8. The van der Waals surface area contributed by atoms with Crippen LogP contribution in [0.1, 0.15) is 12.8 Å². The van der Waals surface area contributed by atoms with E-state index in [0.29, 0.717) is 0 Å². The Morgan fingerprint density at radius 1 is 1.27 bits per heavy atom. The van der Waals surface area contributed by atoms with Gasteiger partial charge in [-0.3, -0.25) is 9.48 Å². The van der Waals surface area contributed by atoms with E-state index in [9.17, 15) is 4.79 Å². The molecule has 0 unspecified atom stereocenters. The highest BCUT2D eigenvalue weighted by molar-refractivity contribution is 5.93. The number of benzene rings is 1. The van der Waals surface area contributed by atoms with Crippen molar-refractivity contribution >= 4 is 39.3 Å². The van der Waals surface area contributed by atoms with E-state index < -0.39 is 0 Å². The number of anilines is 2. The minimum atomic E-state index is -0.0165. The number of carbonyl (C=O) groups is 1. The lowest BCUT2D eigenvalue weighted by Gasteiger charge is -2.34. The summed E-state index contributed by atoms with van der Waals surface area (Å²) in [6, 6.07) is 8.03. The summed E-state index contributed by atoms with van der Waals surface area (Å²) < 4.78 is 1.83. The van der Waals surface area contributed by atoms with Gasteiger partial charge in [0.2, 0.25) is 5.91 Å². The van der Waals surface area contributed by atoms with Crippen LogP contribution in [0.15, 0.2) is 43.0 Å². The lowest BCUT2D eigenvalue weighted by molar-refractivity contribution is -0.120. The average Bonchev–Trinajstić information content (AvgIpc) is 3.39. The molecule has 0 bridgehead atoms. The molecule has 4 heterocycles. The van der Waals surface area contributed by atoms with Crippen molar-refractivity contribution in [3.8, 4) is 0 Å². The van der Waals surface area contributed by atoms with Crippen molar-refractivity contribution in [1.29, 1.82) is 0 Å². The summed E-state index contributed by atoms with van der Waals surface area (Å²) in [4.78, 5) is 26.7. The van der Waals surface area contributed by atoms with Crippen LogP contribution >= 0.6 is 0 Å². The average molecular weight is 404 g/mol. The van der Waals surface area contributed by atoms with Gasteiger partial charge < -0.3 is 20.5 Å². The second-order valence-electron chi connectivity index (χ2n) is 7.65. The van der Waals surface area contributed by atoms with E-state index >= 15 is 0 Å². The maximum atomic E-state index is 12.6. The monoisotopic (exact) mass is 404 g/mol. The second kappa shape index (κ2) is 7.66. The van der Waals surface area contributed by atoms with Crippen molar-refractivity contribution < 1.29 is 4.79 Å². The van der Waals surface area contributed by atoms with E-state index in [2.05, 4.69) is 35.6 Å². The Hall–Kier alpha value is -3.62. The van der Waals surface area contributed by atoms with Crippen molar-refractivity contribution in [3.63, 3.8) is 0 Å². The fraction of sp³-hybridized carbons (Fsp3) is 0.333. The lowest BCUT2D eigenvalue weighted by Crippen LogP contribution is -2.49. The Morgan fingerprint density at radius 2 is 2.20 bits per heavy atom. The molecular formula is C21H24N8O. The quantitative estimate of drug-likeness (QED) is 0.470. The number of hydrogen-bond acceptors (Lipinski definition) is 6. The van der Waals surface area contributed by atoms with Crippen LogP contribution in [0.25, 0.3) is 21.9 Å². The minimum Gasteiger partial charge on any atom is -0.376 e. The van der Waals surface area contributed by atoms with Gasteiger partial charge >= 0.3 is 0 Å². The zero-order chi connectivity index (χ0) is 20.5. The van der Waals surface area contributed by atoms with Gasteiger partial charge in [-0.05, 0) is 31.0 Å². The SMILES string of the molecule is Cn1ncc2c(NCC(=O)N[C@H]3CCCN(c4ncnc5[nH]ccc45)C3)cccc21. The summed E-state index contributed by atoms with van der Waals surface area (Å²) in [7, 11) is 1.91. The van der Waals surface area contributed by atoms with Gasteiger partial charge in [0, 0.05) is 43.4 Å². The van der Waals surface area contributed by atoms with Gasteiger partial charge in [0.1, 0.15) is 17.8 Å². The van der Waals surface area contributed by atoms with Crippen LogP contribution in [-0.2, 0) is 11.8 Å². The predicted octanol–water partition coefficient (Wildman–Crippen LogP) is 2.04. The number of hydrogen-bond donors (Lipinski definition) is 3. The predicted molar refractivity (Wildman–Crippen MR) is 116 cm³/mol. The number of carbonyl (C=O) groups excluding carboxylic acids is 1. The topological polar surface area (TPSA) is 104 Å². The number of piperidine rings is 1. The number of aromatic nitrogens is 5. The normalized spacial score (nSPS) is 16.8. The fourth-order valence-electron chi connectivity index (χ4n) is 4.18. The molecule has 4 aromatic rings. The molecule has 0 spiro atoms. The molecule has 9 heteroatoms.